The molecule has 0 bridgehead atoms. The molecule has 1 amide bonds. The molecule has 0 aliphatic carbocycles. The fourth-order valence-electron chi connectivity index (χ4n) is 2.76. The van der Waals surface area contributed by atoms with Crippen molar-refractivity contribution in [1.82, 2.24) is 4.90 Å². The zero-order valence-corrected chi connectivity index (χ0v) is 13.5. The number of hydrogen-bond donors (Lipinski definition) is 1. The lowest BCUT2D eigenvalue weighted by Gasteiger charge is -2.35. The molecule has 1 atom stereocenters. The molecule has 0 radical (unpaired) electrons. The van der Waals surface area contributed by atoms with Crippen molar-refractivity contribution in [3.05, 3.63) is 29.8 Å². The first-order chi connectivity index (χ1) is 10.5. The highest BCUT2D eigenvalue weighted by Gasteiger charge is 2.29. The van der Waals surface area contributed by atoms with Crippen LogP contribution in [0.3, 0.4) is 0 Å². The van der Waals surface area contributed by atoms with Gasteiger partial charge < -0.3 is 15.0 Å². The van der Waals surface area contributed by atoms with Crippen LogP contribution < -0.4 is 5.32 Å². The molecule has 1 aliphatic rings. The van der Waals surface area contributed by atoms with Crippen LogP contribution in [-0.2, 0) is 20.7 Å². The molecule has 5 heteroatoms. The van der Waals surface area contributed by atoms with Crippen LogP contribution in [0, 0.1) is 0 Å². The van der Waals surface area contributed by atoms with Gasteiger partial charge in [0.05, 0.1) is 13.5 Å². The number of carbonyl (C=O) groups is 2. The van der Waals surface area contributed by atoms with Crippen molar-refractivity contribution in [2.24, 2.45) is 0 Å². The van der Waals surface area contributed by atoms with E-state index in [0.717, 1.165) is 30.6 Å². The molecular weight excluding hydrogens is 280 g/mol. The van der Waals surface area contributed by atoms with Gasteiger partial charge in [0.1, 0.15) is 6.04 Å². The number of nitrogens with one attached hydrogen (secondary N) is 1. The molecule has 1 unspecified atom stereocenters. The number of benzene rings is 1. The third kappa shape index (κ3) is 4.00. The van der Waals surface area contributed by atoms with Crippen LogP contribution in [0.5, 0.6) is 0 Å². The molecule has 1 aliphatic heterocycles. The summed E-state index contributed by atoms with van der Waals surface area (Å²) in [5, 5.41) is 3.30. The Balaban J connectivity index is 2.05. The first-order valence-electron chi connectivity index (χ1n) is 7.74. The Kier molecular flexibility index (Phi) is 5.41. The number of amides is 1. The summed E-state index contributed by atoms with van der Waals surface area (Å²) in [6.07, 6.45) is 2.08. The normalized spacial score (nSPS) is 18.5. The van der Waals surface area contributed by atoms with E-state index in [-0.39, 0.29) is 30.4 Å². The lowest BCUT2D eigenvalue weighted by Crippen LogP contribution is -2.50. The van der Waals surface area contributed by atoms with Gasteiger partial charge in [0, 0.05) is 18.3 Å². The average Bonchev–Trinajstić information content (AvgIpc) is 2.49. The van der Waals surface area contributed by atoms with E-state index >= 15 is 0 Å². The zero-order chi connectivity index (χ0) is 16.1. The van der Waals surface area contributed by atoms with E-state index < -0.39 is 0 Å². The summed E-state index contributed by atoms with van der Waals surface area (Å²) in [6, 6.07) is 7.62. The van der Waals surface area contributed by atoms with Crippen molar-refractivity contribution < 1.29 is 14.3 Å². The molecule has 120 valence electrons. The third-order valence-electron chi connectivity index (χ3n) is 3.94. The number of ether oxygens (including phenoxy) is 1. The second-order valence-corrected chi connectivity index (χ2v) is 5.92. The second kappa shape index (κ2) is 7.29. The molecule has 0 spiro atoms. The number of carbonyl (C=O) groups excluding carboxylic acids is 2. The summed E-state index contributed by atoms with van der Waals surface area (Å²) in [6.45, 7) is 4.91. The van der Waals surface area contributed by atoms with Crippen LogP contribution in [0.2, 0.25) is 0 Å². The van der Waals surface area contributed by atoms with Gasteiger partial charge in [0.15, 0.2) is 0 Å². The quantitative estimate of drug-likeness (QED) is 0.847. The maximum absolute atomic E-state index is 12.5. The number of likely N-dealkylation sites (tertiary alicyclic amines) is 1. The molecule has 5 nitrogen and oxygen atoms in total. The Bertz CT molecular complexity index is 542. The summed E-state index contributed by atoms with van der Waals surface area (Å²) in [4.78, 5) is 25.7. The maximum atomic E-state index is 12.5. The summed E-state index contributed by atoms with van der Waals surface area (Å²) < 4.78 is 4.68. The second-order valence-electron chi connectivity index (χ2n) is 5.92. The Morgan fingerprint density at radius 3 is 2.91 bits per heavy atom. The predicted octanol–water partition coefficient (Wildman–Crippen LogP) is 2.21. The lowest BCUT2D eigenvalue weighted by molar-refractivity contribution is -0.140. The lowest BCUT2D eigenvalue weighted by atomic mass is 10.0. The number of hydrogen-bond acceptors (Lipinski definition) is 4. The maximum Gasteiger partial charge on any atom is 0.309 e. The highest BCUT2D eigenvalue weighted by Crippen LogP contribution is 2.20. The van der Waals surface area contributed by atoms with Gasteiger partial charge >= 0.3 is 5.97 Å². The van der Waals surface area contributed by atoms with Gasteiger partial charge in [-0.05, 0) is 44.4 Å². The van der Waals surface area contributed by atoms with Crippen molar-refractivity contribution in [2.75, 3.05) is 19.0 Å². The predicted molar refractivity (Wildman–Crippen MR) is 85.7 cm³/mol. The van der Waals surface area contributed by atoms with Crippen molar-refractivity contribution >= 4 is 17.6 Å². The average molecular weight is 304 g/mol. The minimum absolute atomic E-state index is 0.152. The van der Waals surface area contributed by atoms with Crippen molar-refractivity contribution in [3.8, 4) is 0 Å². The highest BCUT2D eigenvalue weighted by atomic mass is 16.5. The van der Waals surface area contributed by atoms with E-state index in [4.69, 9.17) is 0 Å². The van der Waals surface area contributed by atoms with Gasteiger partial charge in [-0.3, -0.25) is 9.59 Å². The topological polar surface area (TPSA) is 58.6 Å². The molecule has 1 fully saturated rings. The number of piperidine rings is 1. The van der Waals surface area contributed by atoms with Crippen molar-refractivity contribution in [3.63, 3.8) is 0 Å². The van der Waals surface area contributed by atoms with E-state index in [9.17, 15) is 9.59 Å². The molecule has 1 N–H and O–H groups in total. The van der Waals surface area contributed by atoms with Crippen LogP contribution >= 0.6 is 0 Å². The van der Waals surface area contributed by atoms with Gasteiger partial charge in [-0.25, -0.2) is 0 Å². The SMILES string of the molecule is COC(=O)Cc1cccc(NC2CCCN(C(C)C)C2=O)c1. The minimum atomic E-state index is -0.267. The zero-order valence-electron chi connectivity index (χ0n) is 13.5. The van der Waals surface area contributed by atoms with Crippen molar-refractivity contribution in [1.29, 1.82) is 0 Å². The standard InChI is InChI=1S/C17H24N2O3/c1-12(2)19-9-5-8-15(17(19)21)18-14-7-4-6-13(10-14)11-16(20)22-3/h4,6-7,10,12,15,18H,5,8-9,11H2,1-3H3. The number of esters is 1. The highest BCUT2D eigenvalue weighted by molar-refractivity contribution is 5.85. The summed E-state index contributed by atoms with van der Waals surface area (Å²) in [5.74, 6) is -0.114. The van der Waals surface area contributed by atoms with Crippen LogP contribution in [0.25, 0.3) is 0 Å². The number of methoxy groups -OCH3 is 1. The monoisotopic (exact) mass is 304 g/mol. The summed E-state index contributed by atoms with van der Waals surface area (Å²) in [7, 11) is 1.38. The van der Waals surface area contributed by atoms with Crippen molar-refractivity contribution in [2.45, 2.75) is 45.2 Å². The smallest absolute Gasteiger partial charge is 0.309 e. The molecule has 22 heavy (non-hydrogen) atoms. The van der Waals surface area contributed by atoms with E-state index in [2.05, 4.69) is 10.1 Å². The van der Waals surface area contributed by atoms with Gasteiger partial charge in [0.25, 0.3) is 0 Å². The van der Waals surface area contributed by atoms with Crippen LogP contribution in [-0.4, -0.2) is 42.5 Å². The molecule has 1 aromatic carbocycles. The number of anilines is 1. The molecule has 0 aromatic heterocycles. The van der Waals surface area contributed by atoms with E-state index in [1.807, 2.05) is 43.0 Å². The largest absolute Gasteiger partial charge is 0.469 e. The number of rotatable bonds is 5. The van der Waals surface area contributed by atoms with Crippen LogP contribution in [0.15, 0.2) is 24.3 Å². The summed E-state index contributed by atoms with van der Waals surface area (Å²) in [5.41, 5.74) is 1.74. The molecule has 0 saturated carbocycles. The number of nitrogens with zero attached hydrogens (tertiary/aromatic N) is 1. The van der Waals surface area contributed by atoms with Gasteiger partial charge in [-0.15, -0.1) is 0 Å². The Morgan fingerprint density at radius 1 is 1.45 bits per heavy atom. The molecule has 1 saturated heterocycles. The molecule has 2 rings (SSSR count). The Labute approximate surface area is 131 Å². The minimum Gasteiger partial charge on any atom is -0.469 e. The van der Waals surface area contributed by atoms with Gasteiger partial charge in [-0.2, -0.15) is 0 Å². The summed E-state index contributed by atoms with van der Waals surface area (Å²) >= 11 is 0. The van der Waals surface area contributed by atoms with E-state index in [1.165, 1.54) is 7.11 Å². The molecular formula is C17H24N2O3. The van der Waals surface area contributed by atoms with E-state index in [1.54, 1.807) is 0 Å². The fraction of sp³-hybridized carbons (Fsp3) is 0.529. The Morgan fingerprint density at radius 2 is 2.23 bits per heavy atom. The molecule has 1 aromatic rings. The van der Waals surface area contributed by atoms with Crippen LogP contribution in [0.4, 0.5) is 5.69 Å². The first kappa shape index (κ1) is 16.3. The Hall–Kier alpha value is -2.04. The fourth-order valence-corrected chi connectivity index (χ4v) is 2.76. The van der Waals surface area contributed by atoms with Gasteiger partial charge in [0.2, 0.25) is 5.91 Å². The van der Waals surface area contributed by atoms with Crippen LogP contribution in [0.1, 0.15) is 32.3 Å². The third-order valence-corrected chi connectivity index (χ3v) is 3.94. The van der Waals surface area contributed by atoms with Gasteiger partial charge in [-0.1, -0.05) is 12.1 Å². The first-order valence-corrected chi connectivity index (χ1v) is 7.74. The molecule has 1 heterocycles. The van der Waals surface area contributed by atoms with E-state index in [0.29, 0.717) is 0 Å².